The molecule has 3 heterocycles. The summed E-state index contributed by atoms with van der Waals surface area (Å²) >= 11 is 4.16. The second-order valence-corrected chi connectivity index (χ2v) is 11.6. The first kappa shape index (κ1) is 32.6. The molecule has 11 nitrogen and oxygen atoms in total. The predicted molar refractivity (Wildman–Crippen MR) is 176 cm³/mol. The third kappa shape index (κ3) is 8.09. The summed E-state index contributed by atoms with van der Waals surface area (Å²) in [6.45, 7) is 2.62. The van der Waals surface area contributed by atoms with Crippen LogP contribution >= 0.6 is 11.6 Å². The molecule has 4 N–H and O–H groups in total. The van der Waals surface area contributed by atoms with Gasteiger partial charge in [0.2, 0.25) is 0 Å². The molecule has 2 aromatic carbocycles. The van der Waals surface area contributed by atoms with Crippen molar-refractivity contribution in [2.24, 2.45) is 5.92 Å². The summed E-state index contributed by atoms with van der Waals surface area (Å²) in [5.41, 5.74) is 8.59. The lowest BCUT2D eigenvalue weighted by molar-refractivity contribution is 0.487. The van der Waals surface area contributed by atoms with Gasteiger partial charge >= 0.3 is 0 Å². The maximum Gasteiger partial charge on any atom is 0.267 e. The second kappa shape index (κ2) is 15.0. The van der Waals surface area contributed by atoms with Gasteiger partial charge in [-0.15, -0.1) is 0 Å². The van der Waals surface area contributed by atoms with Crippen LogP contribution in [-0.2, 0) is 24.1 Å². The topological polar surface area (TPSA) is 164 Å². The smallest absolute Gasteiger partial charge is 0.267 e. The van der Waals surface area contributed by atoms with Crippen molar-refractivity contribution in [2.75, 3.05) is 24.1 Å². The normalized spacial score (nSPS) is 12.3. The van der Waals surface area contributed by atoms with E-state index in [1.54, 1.807) is 22.8 Å². The minimum absolute atomic E-state index is 0.115. The highest BCUT2D eigenvalue weighted by atomic mass is 35.5. The molecule has 2 unspecified atom stereocenters. The molecule has 3 aromatic heterocycles. The number of aryl methyl sites for hydroxylation is 1. The summed E-state index contributed by atoms with van der Waals surface area (Å²) in [7, 11) is 0. The van der Waals surface area contributed by atoms with Crippen molar-refractivity contribution in [1.29, 1.82) is 0 Å². The van der Waals surface area contributed by atoms with E-state index in [0.717, 1.165) is 18.2 Å². The monoisotopic (exact) mass is 659 g/mol. The fourth-order valence-electron chi connectivity index (χ4n) is 4.77. The number of nitrogens with one attached hydrogen (secondary N) is 2. The molecule has 0 saturated heterocycles. The van der Waals surface area contributed by atoms with Crippen LogP contribution in [0.1, 0.15) is 36.0 Å². The SMILES string of the molecule is CC(CCc1cccc(-n2c(CCNc3ncnc(N)c3C#Cc3ccc(F)cn3)nc3cccc(Cl)c3c2=O)c1)CNS(=O)[O-]. The number of fused-ring (bicyclic) bond motifs is 1. The molecule has 0 saturated carbocycles. The zero-order chi connectivity index (χ0) is 32.6. The number of halogens is 2. The Labute approximate surface area is 271 Å². The third-order valence-corrected chi connectivity index (χ3v) is 7.84. The van der Waals surface area contributed by atoms with Gasteiger partial charge in [-0.1, -0.05) is 42.6 Å². The number of rotatable bonds is 11. The maximum atomic E-state index is 13.9. The van der Waals surface area contributed by atoms with Crippen LogP contribution in [0.5, 0.6) is 0 Å². The van der Waals surface area contributed by atoms with Crippen LogP contribution in [0.4, 0.5) is 16.0 Å². The minimum atomic E-state index is -2.30. The van der Waals surface area contributed by atoms with E-state index in [9.17, 15) is 17.9 Å². The molecule has 0 fully saturated rings. The average Bonchev–Trinajstić information content (AvgIpc) is 3.03. The Balaban J connectivity index is 1.42. The number of nitrogens with zero attached hydrogens (tertiary/aromatic N) is 5. The van der Waals surface area contributed by atoms with Gasteiger partial charge in [0.15, 0.2) is 0 Å². The van der Waals surface area contributed by atoms with Crippen molar-refractivity contribution in [3.05, 3.63) is 111 Å². The van der Waals surface area contributed by atoms with E-state index in [1.165, 1.54) is 18.5 Å². The van der Waals surface area contributed by atoms with Gasteiger partial charge in [-0.05, 0) is 66.6 Å². The van der Waals surface area contributed by atoms with Crippen LogP contribution in [-0.4, -0.2) is 46.4 Å². The maximum absolute atomic E-state index is 13.9. The molecular weight excluding hydrogens is 631 g/mol. The lowest BCUT2D eigenvalue weighted by atomic mass is 10.0. The Morgan fingerprint density at radius 2 is 1.93 bits per heavy atom. The molecule has 5 aromatic rings. The zero-order valence-electron chi connectivity index (χ0n) is 24.7. The largest absolute Gasteiger partial charge is 0.760 e. The fraction of sp³-hybridized carbons (Fsp3) is 0.219. The van der Waals surface area contributed by atoms with E-state index in [1.807, 2.05) is 31.2 Å². The Morgan fingerprint density at radius 3 is 2.72 bits per heavy atom. The Hall–Kier alpha value is -4.74. The summed E-state index contributed by atoms with van der Waals surface area (Å²) in [4.78, 5) is 31.0. The first-order valence-electron chi connectivity index (χ1n) is 14.3. The van der Waals surface area contributed by atoms with Gasteiger partial charge < -0.3 is 15.6 Å². The average molecular weight is 660 g/mol. The number of pyridine rings is 1. The molecule has 0 bridgehead atoms. The lowest BCUT2D eigenvalue weighted by Crippen LogP contribution is -2.26. The molecule has 0 aliphatic heterocycles. The molecule has 14 heteroatoms. The van der Waals surface area contributed by atoms with Crippen LogP contribution in [0.2, 0.25) is 5.02 Å². The molecule has 5 rings (SSSR count). The van der Waals surface area contributed by atoms with Crippen molar-refractivity contribution in [3.63, 3.8) is 0 Å². The number of nitrogen functional groups attached to an aromatic ring is 1. The van der Waals surface area contributed by atoms with Crippen molar-refractivity contribution < 1.29 is 13.2 Å². The van der Waals surface area contributed by atoms with E-state index < -0.39 is 17.1 Å². The minimum Gasteiger partial charge on any atom is -0.760 e. The van der Waals surface area contributed by atoms with Gasteiger partial charge in [0.25, 0.3) is 5.56 Å². The molecule has 46 heavy (non-hydrogen) atoms. The van der Waals surface area contributed by atoms with Crippen LogP contribution < -0.4 is 21.3 Å². The second-order valence-electron chi connectivity index (χ2n) is 10.5. The highest BCUT2D eigenvalue weighted by Gasteiger charge is 2.16. The molecule has 0 amide bonds. The molecular formula is C32H29ClFN8O3S-. The van der Waals surface area contributed by atoms with Crippen LogP contribution in [0.25, 0.3) is 16.6 Å². The number of hydrogen-bond donors (Lipinski definition) is 3. The Kier molecular flexibility index (Phi) is 10.7. The highest BCUT2D eigenvalue weighted by molar-refractivity contribution is 7.77. The van der Waals surface area contributed by atoms with E-state index >= 15 is 0 Å². The summed E-state index contributed by atoms with van der Waals surface area (Å²) < 4.78 is 38.9. The van der Waals surface area contributed by atoms with Crippen LogP contribution in [0.3, 0.4) is 0 Å². The standard InChI is InChI=1S/C32H30ClFN8O3S/c1-20(17-40-46(44)45)8-9-21-4-2-5-24(16-21)42-28(41-27-7-3-6-26(33)29(27)32(42)43)14-15-36-31-25(30(35)38-19-39-31)13-12-23-11-10-22(34)18-37-23/h2-7,10-11,16,18-20,40H,8-9,14-15,17H2,1H3,(H,44,45)(H3,35,36,38,39)/p-1. The highest BCUT2D eigenvalue weighted by Crippen LogP contribution is 2.22. The van der Waals surface area contributed by atoms with E-state index in [4.69, 9.17) is 22.3 Å². The Morgan fingerprint density at radius 1 is 1.11 bits per heavy atom. The van der Waals surface area contributed by atoms with Crippen molar-refractivity contribution in [3.8, 4) is 17.5 Å². The van der Waals surface area contributed by atoms with E-state index in [-0.39, 0.29) is 17.3 Å². The first-order chi connectivity index (χ1) is 22.2. The van der Waals surface area contributed by atoms with Gasteiger partial charge in [-0.3, -0.25) is 13.6 Å². The molecule has 0 spiro atoms. The zero-order valence-corrected chi connectivity index (χ0v) is 26.2. The van der Waals surface area contributed by atoms with Gasteiger partial charge in [0, 0.05) is 30.8 Å². The number of aromatic nitrogens is 5. The van der Waals surface area contributed by atoms with Gasteiger partial charge in [0.05, 0.1) is 27.8 Å². The van der Waals surface area contributed by atoms with Gasteiger partial charge in [0.1, 0.15) is 40.9 Å². The number of benzene rings is 2. The molecule has 0 aliphatic carbocycles. The lowest BCUT2D eigenvalue weighted by Gasteiger charge is -2.17. The van der Waals surface area contributed by atoms with Crippen molar-refractivity contribution in [2.45, 2.75) is 26.2 Å². The van der Waals surface area contributed by atoms with E-state index in [2.05, 4.69) is 36.8 Å². The van der Waals surface area contributed by atoms with Crippen LogP contribution in [0.15, 0.2) is 71.9 Å². The summed E-state index contributed by atoms with van der Waals surface area (Å²) in [6.07, 6.45) is 4.13. The number of hydrogen-bond acceptors (Lipinski definition) is 9. The van der Waals surface area contributed by atoms with E-state index in [0.29, 0.717) is 70.4 Å². The van der Waals surface area contributed by atoms with Crippen molar-refractivity contribution >= 4 is 45.4 Å². The molecule has 236 valence electrons. The van der Waals surface area contributed by atoms with Crippen molar-refractivity contribution in [1.82, 2.24) is 29.2 Å². The van der Waals surface area contributed by atoms with Gasteiger partial charge in [-0.2, -0.15) is 0 Å². The fourth-order valence-corrected chi connectivity index (χ4v) is 5.44. The predicted octanol–water partition coefficient (Wildman–Crippen LogP) is 3.95. The van der Waals surface area contributed by atoms with Crippen LogP contribution in [0, 0.1) is 23.6 Å². The quantitative estimate of drug-likeness (QED) is 0.141. The molecule has 0 aliphatic rings. The third-order valence-electron chi connectivity index (χ3n) is 7.12. The summed E-state index contributed by atoms with van der Waals surface area (Å²) in [5, 5.41) is 3.84. The Bertz CT molecular complexity index is 2010. The summed E-state index contributed by atoms with van der Waals surface area (Å²) in [6, 6.07) is 15.5. The summed E-state index contributed by atoms with van der Waals surface area (Å²) in [5.74, 6) is 6.44. The molecule has 2 atom stereocenters. The number of nitrogens with two attached hydrogens (primary N) is 1. The number of anilines is 2. The van der Waals surface area contributed by atoms with Gasteiger partial charge in [-0.25, -0.2) is 29.0 Å². The molecule has 0 radical (unpaired) electrons. The first-order valence-corrected chi connectivity index (χ1v) is 15.7.